The van der Waals surface area contributed by atoms with Crippen LogP contribution in [0, 0.1) is 0 Å². The lowest BCUT2D eigenvalue weighted by Crippen LogP contribution is -2.17. The van der Waals surface area contributed by atoms with Crippen molar-refractivity contribution in [3.05, 3.63) is 40.4 Å². The van der Waals surface area contributed by atoms with E-state index < -0.39 is 0 Å². The summed E-state index contributed by atoms with van der Waals surface area (Å²) in [4.78, 5) is 0. The summed E-state index contributed by atoms with van der Waals surface area (Å²) in [6, 6.07) is 6.18. The van der Waals surface area contributed by atoms with Crippen molar-refractivity contribution in [2.45, 2.75) is 31.9 Å². The Morgan fingerprint density at radius 2 is 2.35 bits per heavy atom. The maximum atomic E-state index is 6.05. The zero-order valence-corrected chi connectivity index (χ0v) is 11.7. The quantitative estimate of drug-likeness (QED) is 0.856. The number of benzene rings is 1. The molecule has 0 bridgehead atoms. The molecule has 1 N–H and O–H groups in total. The Kier molecular flexibility index (Phi) is 4.63. The van der Waals surface area contributed by atoms with Crippen LogP contribution in [0.15, 0.2) is 34.8 Å². The molecule has 3 heteroatoms. The van der Waals surface area contributed by atoms with Crippen molar-refractivity contribution in [2.24, 2.45) is 0 Å². The molecule has 0 saturated carbocycles. The fraction of sp³-hybridized carbons (Fsp3) is 0.429. The average Bonchev–Trinajstić information content (AvgIpc) is 2.34. The number of hydrogen-bond donors (Lipinski definition) is 1. The molecule has 2 nitrogen and oxygen atoms in total. The predicted molar refractivity (Wildman–Crippen MR) is 74.3 cm³/mol. The highest BCUT2D eigenvalue weighted by atomic mass is 79.9. The first kappa shape index (κ1) is 12.7. The standard InChI is InChI=1S/C14H18BrNO/c1-16-10-11-9-12(15)7-8-14(11)17-13-5-3-2-4-6-13/h3,5,7-9,13,16H,2,4,6,10H2,1H3. The van der Waals surface area contributed by atoms with Gasteiger partial charge in [0.25, 0.3) is 0 Å². The van der Waals surface area contributed by atoms with Crippen LogP contribution < -0.4 is 10.1 Å². The third-order valence-electron chi connectivity index (χ3n) is 2.88. The number of allylic oxidation sites excluding steroid dienone is 1. The topological polar surface area (TPSA) is 21.3 Å². The highest BCUT2D eigenvalue weighted by molar-refractivity contribution is 9.10. The summed E-state index contributed by atoms with van der Waals surface area (Å²) in [6.07, 6.45) is 8.15. The maximum absolute atomic E-state index is 6.05. The van der Waals surface area contributed by atoms with Gasteiger partial charge in [-0.05, 0) is 50.6 Å². The number of ether oxygens (including phenoxy) is 1. The minimum absolute atomic E-state index is 0.237. The Morgan fingerprint density at radius 3 is 3.06 bits per heavy atom. The third-order valence-corrected chi connectivity index (χ3v) is 3.37. The summed E-state index contributed by atoms with van der Waals surface area (Å²) >= 11 is 3.49. The zero-order chi connectivity index (χ0) is 12.1. The van der Waals surface area contributed by atoms with Crippen LogP contribution in [-0.2, 0) is 6.54 Å². The van der Waals surface area contributed by atoms with Gasteiger partial charge in [-0.2, -0.15) is 0 Å². The van der Waals surface area contributed by atoms with E-state index in [-0.39, 0.29) is 6.10 Å². The van der Waals surface area contributed by atoms with Crippen LogP contribution in [0.5, 0.6) is 5.75 Å². The molecule has 1 aliphatic rings. The van der Waals surface area contributed by atoms with Gasteiger partial charge in [-0.15, -0.1) is 0 Å². The molecule has 0 fully saturated rings. The molecule has 0 amide bonds. The van der Waals surface area contributed by atoms with E-state index in [0.717, 1.165) is 23.2 Å². The molecule has 0 radical (unpaired) electrons. The van der Waals surface area contributed by atoms with Crippen LogP contribution in [0.1, 0.15) is 24.8 Å². The number of halogens is 1. The van der Waals surface area contributed by atoms with Crippen LogP contribution in [0.25, 0.3) is 0 Å². The third kappa shape index (κ3) is 3.58. The Bertz CT molecular complexity index is 403. The van der Waals surface area contributed by atoms with E-state index in [2.05, 4.69) is 39.5 Å². The van der Waals surface area contributed by atoms with E-state index in [1.165, 1.54) is 18.4 Å². The van der Waals surface area contributed by atoms with Crippen molar-refractivity contribution < 1.29 is 4.74 Å². The van der Waals surface area contributed by atoms with Crippen LogP contribution in [0.2, 0.25) is 0 Å². The van der Waals surface area contributed by atoms with Crippen molar-refractivity contribution in [2.75, 3.05) is 7.05 Å². The van der Waals surface area contributed by atoms with Gasteiger partial charge in [0.15, 0.2) is 0 Å². The molecular formula is C14H18BrNO. The fourth-order valence-corrected chi connectivity index (χ4v) is 2.44. The molecule has 1 unspecified atom stereocenters. The molecule has 1 aromatic rings. The molecule has 0 spiro atoms. The van der Waals surface area contributed by atoms with E-state index in [0.29, 0.717) is 0 Å². The van der Waals surface area contributed by atoms with Crippen LogP contribution in [0.3, 0.4) is 0 Å². The van der Waals surface area contributed by atoms with Crippen LogP contribution in [-0.4, -0.2) is 13.2 Å². The van der Waals surface area contributed by atoms with Gasteiger partial charge >= 0.3 is 0 Å². The highest BCUT2D eigenvalue weighted by Gasteiger charge is 2.12. The monoisotopic (exact) mass is 295 g/mol. The lowest BCUT2D eigenvalue weighted by molar-refractivity contribution is 0.227. The molecule has 0 heterocycles. The Labute approximate surface area is 111 Å². The summed E-state index contributed by atoms with van der Waals surface area (Å²) in [6.45, 7) is 0.825. The molecule has 1 aliphatic carbocycles. The second-order valence-electron chi connectivity index (χ2n) is 4.30. The lowest BCUT2D eigenvalue weighted by Gasteiger charge is -2.20. The van der Waals surface area contributed by atoms with Crippen LogP contribution in [0.4, 0.5) is 0 Å². The summed E-state index contributed by atoms with van der Waals surface area (Å²) in [7, 11) is 1.95. The van der Waals surface area contributed by atoms with Gasteiger partial charge < -0.3 is 10.1 Å². The largest absolute Gasteiger partial charge is 0.486 e. The summed E-state index contributed by atoms with van der Waals surface area (Å²) in [5.74, 6) is 0.985. The van der Waals surface area contributed by atoms with Crippen molar-refractivity contribution >= 4 is 15.9 Å². The molecule has 2 rings (SSSR count). The van der Waals surface area contributed by atoms with E-state index in [1.54, 1.807) is 0 Å². The van der Waals surface area contributed by atoms with Crippen molar-refractivity contribution in [3.63, 3.8) is 0 Å². The highest BCUT2D eigenvalue weighted by Crippen LogP contribution is 2.26. The van der Waals surface area contributed by atoms with Crippen molar-refractivity contribution in [3.8, 4) is 5.75 Å². The molecule has 17 heavy (non-hydrogen) atoms. The summed E-state index contributed by atoms with van der Waals surface area (Å²) in [5.41, 5.74) is 1.20. The molecule has 1 aromatic carbocycles. The number of nitrogens with one attached hydrogen (secondary N) is 1. The van der Waals surface area contributed by atoms with Crippen LogP contribution >= 0.6 is 15.9 Å². The van der Waals surface area contributed by atoms with Gasteiger partial charge in [-0.1, -0.05) is 22.0 Å². The molecule has 92 valence electrons. The first-order valence-corrected chi connectivity index (χ1v) is 6.85. The van der Waals surface area contributed by atoms with Gasteiger partial charge in [-0.3, -0.25) is 0 Å². The smallest absolute Gasteiger partial charge is 0.124 e. The van der Waals surface area contributed by atoms with E-state index in [1.807, 2.05) is 19.2 Å². The van der Waals surface area contributed by atoms with Gasteiger partial charge in [0.2, 0.25) is 0 Å². The first-order chi connectivity index (χ1) is 8.29. The molecule has 0 saturated heterocycles. The summed E-state index contributed by atoms with van der Waals surface area (Å²) < 4.78 is 7.14. The van der Waals surface area contributed by atoms with Crippen molar-refractivity contribution in [1.29, 1.82) is 0 Å². The molecule has 0 aromatic heterocycles. The number of rotatable bonds is 4. The first-order valence-electron chi connectivity index (χ1n) is 6.06. The second-order valence-corrected chi connectivity index (χ2v) is 5.21. The fourth-order valence-electron chi connectivity index (χ4n) is 2.03. The minimum atomic E-state index is 0.237. The SMILES string of the molecule is CNCc1cc(Br)ccc1OC1C=CCCC1. The second kappa shape index (κ2) is 6.22. The Hall–Kier alpha value is -0.800. The minimum Gasteiger partial charge on any atom is -0.486 e. The molecule has 1 atom stereocenters. The van der Waals surface area contributed by atoms with E-state index >= 15 is 0 Å². The normalized spacial score (nSPS) is 19.3. The molecular weight excluding hydrogens is 278 g/mol. The Balaban J connectivity index is 2.13. The predicted octanol–water partition coefficient (Wildman–Crippen LogP) is 3.66. The average molecular weight is 296 g/mol. The van der Waals surface area contributed by atoms with Gasteiger partial charge in [0.05, 0.1) is 0 Å². The van der Waals surface area contributed by atoms with E-state index in [4.69, 9.17) is 4.74 Å². The van der Waals surface area contributed by atoms with Crippen molar-refractivity contribution in [1.82, 2.24) is 5.32 Å². The lowest BCUT2D eigenvalue weighted by atomic mass is 10.1. The zero-order valence-electron chi connectivity index (χ0n) is 10.1. The van der Waals surface area contributed by atoms with E-state index in [9.17, 15) is 0 Å². The Morgan fingerprint density at radius 1 is 1.47 bits per heavy atom. The maximum Gasteiger partial charge on any atom is 0.124 e. The van der Waals surface area contributed by atoms with Gasteiger partial charge in [-0.25, -0.2) is 0 Å². The molecule has 0 aliphatic heterocycles. The summed E-state index contributed by atoms with van der Waals surface area (Å²) in [5, 5.41) is 3.17. The van der Waals surface area contributed by atoms with Gasteiger partial charge in [0.1, 0.15) is 11.9 Å². The number of hydrogen-bond acceptors (Lipinski definition) is 2. The van der Waals surface area contributed by atoms with Gasteiger partial charge in [0, 0.05) is 16.6 Å².